The number of nitrogens with zero attached hydrogens (tertiary/aromatic N) is 4. The summed E-state index contributed by atoms with van der Waals surface area (Å²) in [6.07, 6.45) is 1.11. The molecule has 1 saturated heterocycles. The van der Waals surface area contributed by atoms with Crippen LogP contribution in [-0.2, 0) is 9.53 Å². The number of piperidine rings is 1. The second-order valence-corrected chi connectivity index (χ2v) is 7.66. The molecule has 144 valence electrons. The summed E-state index contributed by atoms with van der Waals surface area (Å²) in [6.45, 7) is 7.02. The maximum Gasteiger partial charge on any atom is 0.361 e. The lowest BCUT2D eigenvalue weighted by molar-refractivity contribution is -0.137. The van der Waals surface area contributed by atoms with Gasteiger partial charge in [0.25, 0.3) is 5.91 Å². The number of aryl methyl sites for hydroxylation is 1. The zero-order chi connectivity index (χ0) is 19.6. The maximum atomic E-state index is 12.4. The molecule has 0 aliphatic carbocycles. The molecule has 0 saturated carbocycles. The van der Waals surface area contributed by atoms with E-state index in [9.17, 15) is 9.59 Å². The molecule has 0 unspecified atom stereocenters. The van der Waals surface area contributed by atoms with Crippen molar-refractivity contribution >= 4 is 23.5 Å². The van der Waals surface area contributed by atoms with E-state index >= 15 is 0 Å². The number of amides is 1. The Hall–Kier alpha value is -2.41. The van der Waals surface area contributed by atoms with E-state index < -0.39 is 5.97 Å². The molecule has 0 N–H and O–H groups in total. The summed E-state index contributed by atoms with van der Waals surface area (Å²) in [6, 6.07) is 6.99. The van der Waals surface area contributed by atoms with Gasteiger partial charge in [-0.1, -0.05) is 31.5 Å². The lowest BCUT2D eigenvalue weighted by Gasteiger charge is -2.34. The zero-order valence-electron chi connectivity index (χ0n) is 15.7. The highest BCUT2D eigenvalue weighted by molar-refractivity contribution is 6.30. The Balaban J connectivity index is 1.64. The van der Waals surface area contributed by atoms with Gasteiger partial charge in [-0.15, -0.1) is 5.10 Å². The van der Waals surface area contributed by atoms with E-state index in [0.717, 1.165) is 6.42 Å². The van der Waals surface area contributed by atoms with Crippen molar-refractivity contribution in [1.29, 1.82) is 0 Å². The van der Waals surface area contributed by atoms with Crippen LogP contribution in [0.4, 0.5) is 0 Å². The van der Waals surface area contributed by atoms with Gasteiger partial charge in [0, 0.05) is 18.1 Å². The van der Waals surface area contributed by atoms with Crippen LogP contribution < -0.4 is 0 Å². The number of esters is 1. The van der Waals surface area contributed by atoms with Crippen molar-refractivity contribution in [1.82, 2.24) is 19.9 Å². The number of hydrogen-bond donors (Lipinski definition) is 0. The van der Waals surface area contributed by atoms with Gasteiger partial charge in [0.15, 0.2) is 12.3 Å². The summed E-state index contributed by atoms with van der Waals surface area (Å²) in [5.74, 6) is 0.0651. The largest absolute Gasteiger partial charge is 0.451 e. The van der Waals surface area contributed by atoms with Crippen molar-refractivity contribution in [3.05, 3.63) is 40.7 Å². The molecule has 1 aliphatic rings. The van der Waals surface area contributed by atoms with Crippen LogP contribution in [0.2, 0.25) is 5.02 Å². The highest BCUT2D eigenvalue weighted by Crippen LogP contribution is 2.21. The van der Waals surface area contributed by atoms with Crippen LogP contribution in [0.5, 0.6) is 0 Å². The molecule has 2 aromatic rings. The molecule has 7 nitrogen and oxygen atoms in total. The van der Waals surface area contributed by atoms with Crippen LogP contribution >= 0.6 is 11.6 Å². The smallest absolute Gasteiger partial charge is 0.361 e. The minimum atomic E-state index is -0.660. The van der Waals surface area contributed by atoms with E-state index in [0.29, 0.717) is 41.3 Å². The van der Waals surface area contributed by atoms with Crippen molar-refractivity contribution in [3.63, 3.8) is 0 Å². The monoisotopic (exact) mass is 390 g/mol. The summed E-state index contributed by atoms with van der Waals surface area (Å²) in [5.41, 5.74) is 1.15. The molecule has 2 atom stereocenters. The van der Waals surface area contributed by atoms with Crippen LogP contribution in [0.1, 0.15) is 36.5 Å². The predicted molar refractivity (Wildman–Crippen MR) is 101 cm³/mol. The molecule has 2 heterocycles. The fraction of sp³-hybridized carbons (Fsp3) is 0.474. The number of hydrogen-bond acceptors (Lipinski definition) is 5. The third kappa shape index (κ3) is 4.66. The van der Waals surface area contributed by atoms with Gasteiger partial charge in [0.05, 0.1) is 11.4 Å². The molecule has 1 fully saturated rings. The first-order valence-electron chi connectivity index (χ1n) is 8.98. The first-order valence-corrected chi connectivity index (χ1v) is 9.36. The van der Waals surface area contributed by atoms with Gasteiger partial charge >= 0.3 is 5.97 Å². The molecule has 1 aromatic carbocycles. The minimum absolute atomic E-state index is 0.0863. The normalized spacial score (nSPS) is 19.8. The van der Waals surface area contributed by atoms with Gasteiger partial charge in [-0.25, -0.2) is 4.79 Å². The number of halogens is 1. The van der Waals surface area contributed by atoms with E-state index in [1.807, 2.05) is 0 Å². The molecule has 0 spiro atoms. The van der Waals surface area contributed by atoms with Crippen LogP contribution in [0.25, 0.3) is 5.69 Å². The zero-order valence-corrected chi connectivity index (χ0v) is 16.4. The van der Waals surface area contributed by atoms with Crippen molar-refractivity contribution in [2.75, 3.05) is 19.7 Å². The van der Waals surface area contributed by atoms with Gasteiger partial charge in [-0.3, -0.25) is 4.79 Å². The quantitative estimate of drug-likeness (QED) is 0.750. The third-order valence-electron chi connectivity index (χ3n) is 4.56. The molecule has 27 heavy (non-hydrogen) atoms. The van der Waals surface area contributed by atoms with Gasteiger partial charge in [-0.2, -0.15) is 9.90 Å². The average Bonchev–Trinajstić information content (AvgIpc) is 3.00. The van der Waals surface area contributed by atoms with E-state index in [-0.39, 0.29) is 18.2 Å². The molecule has 1 aromatic heterocycles. The molecule has 3 rings (SSSR count). The van der Waals surface area contributed by atoms with Crippen LogP contribution in [0.3, 0.4) is 0 Å². The number of carbonyl (C=O) groups is 2. The van der Waals surface area contributed by atoms with Crippen LogP contribution in [-0.4, -0.2) is 51.5 Å². The fourth-order valence-electron chi connectivity index (χ4n) is 3.44. The van der Waals surface area contributed by atoms with Crippen molar-refractivity contribution in [2.24, 2.45) is 11.8 Å². The Kier molecular flexibility index (Phi) is 5.79. The average molecular weight is 391 g/mol. The van der Waals surface area contributed by atoms with E-state index in [4.69, 9.17) is 16.3 Å². The lowest BCUT2D eigenvalue weighted by atomic mass is 9.92. The lowest BCUT2D eigenvalue weighted by Crippen LogP contribution is -2.44. The Morgan fingerprint density at radius 1 is 1.22 bits per heavy atom. The van der Waals surface area contributed by atoms with E-state index in [1.54, 1.807) is 36.1 Å². The van der Waals surface area contributed by atoms with Crippen LogP contribution in [0, 0.1) is 18.8 Å². The van der Waals surface area contributed by atoms with Crippen molar-refractivity contribution < 1.29 is 14.3 Å². The summed E-state index contributed by atoms with van der Waals surface area (Å²) in [7, 11) is 0. The highest BCUT2D eigenvalue weighted by Gasteiger charge is 2.27. The number of carbonyl (C=O) groups excluding carboxylic acids is 2. The van der Waals surface area contributed by atoms with Gasteiger partial charge in [-0.05, 0) is 43.4 Å². The van der Waals surface area contributed by atoms with Gasteiger partial charge in [0.2, 0.25) is 0 Å². The fourth-order valence-corrected chi connectivity index (χ4v) is 3.62. The molecular weight excluding hydrogens is 368 g/mol. The summed E-state index contributed by atoms with van der Waals surface area (Å²) in [5, 5.41) is 8.96. The Bertz CT molecular complexity index is 841. The highest BCUT2D eigenvalue weighted by atomic mass is 35.5. The maximum absolute atomic E-state index is 12.4. The summed E-state index contributed by atoms with van der Waals surface area (Å²) >= 11 is 5.98. The molecule has 8 heteroatoms. The number of likely N-dealkylation sites (tertiary alicyclic amines) is 1. The second kappa shape index (κ2) is 8.08. The third-order valence-corrected chi connectivity index (χ3v) is 4.80. The molecule has 1 amide bonds. The van der Waals surface area contributed by atoms with E-state index in [2.05, 4.69) is 24.0 Å². The summed E-state index contributed by atoms with van der Waals surface area (Å²) < 4.78 is 5.20. The summed E-state index contributed by atoms with van der Waals surface area (Å²) in [4.78, 5) is 27.8. The molecule has 0 bridgehead atoms. The SMILES string of the molecule is Cc1nn(-c2cccc(Cl)c2)nc1C(=O)OCC(=O)N1C[C@@H](C)C[C@H](C)C1. The molecule has 1 aliphatic heterocycles. The van der Waals surface area contributed by atoms with E-state index in [1.165, 1.54) is 4.80 Å². The van der Waals surface area contributed by atoms with Crippen LogP contribution in [0.15, 0.2) is 24.3 Å². The topological polar surface area (TPSA) is 77.3 Å². The number of ether oxygens (including phenoxy) is 1. The Morgan fingerprint density at radius 3 is 2.59 bits per heavy atom. The van der Waals surface area contributed by atoms with Gasteiger partial charge in [0.1, 0.15) is 0 Å². The predicted octanol–water partition coefficient (Wildman–Crippen LogP) is 2.89. The number of benzene rings is 1. The molecular formula is C19H23ClN4O3. The minimum Gasteiger partial charge on any atom is -0.451 e. The second-order valence-electron chi connectivity index (χ2n) is 7.22. The number of rotatable bonds is 4. The Morgan fingerprint density at radius 2 is 1.93 bits per heavy atom. The number of aromatic nitrogens is 3. The van der Waals surface area contributed by atoms with Gasteiger partial charge < -0.3 is 9.64 Å². The van der Waals surface area contributed by atoms with Crippen molar-refractivity contribution in [3.8, 4) is 5.69 Å². The Labute approximate surface area is 163 Å². The molecule has 0 radical (unpaired) electrons. The first-order chi connectivity index (χ1) is 12.8. The standard InChI is InChI=1S/C19H23ClN4O3/c1-12-7-13(2)10-23(9-12)17(25)11-27-19(26)18-14(3)21-24(22-18)16-6-4-5-15(20)8-16/h4-6,8,12-13H,7,9-11H2,1-3H3/t12-,13-/m0/s1. The first kappa shape index (κ1) is 19.4. The van der Waals surface area contributed by atoms with Crippen molar-refractivity contribution in [2.45, 2.75) is 27.2 Å².